The third-order valence-electron chi connectivity index (χ3n) is 2.93. The molecule has 0 saturated heterocycles. The summed E-state index contributed by atoms with van der Waals surface area (Å²) in [6.45, 7) is 8.34. The minimum atomic E-state index is -0.00475. The third kappa shape index (κ3) is 3.62. The molecule has 0 aliphatic carbocycles. The maximum atomic E-state index is 7.92. The van der Waals surface area contributed by atoms with Crippen molar-refractivity contribution in [1.82, 2.24) is 4.57 Å². The van der Waals surface area contributed by atoms with E-state index < -0.39 is 0 Å². The molecule has 2 rings (SSSR count). The van der Waals surface area contributed by atoms with Crippen molar-refractivity contribution in [2.45, 2.75) is 34.2 Å². The first kappa shape index (κ1) is 16.8. The third-order valence-corrected chi connectivity index (χ3v) is 2.93. The number of rotatable bonds is 3. The van der Waals surface area contributed by atoms with E-state index >= 15 is 0 Å². The largest absolute Gasteiger partial charge is 0.497 e. The van der Waals surface area contributed by atoms with Gasteiger partial charge in [-0.2, -0.15) is 0 Å². The fraction of sp³-hybridized carbons (Fsp3) is 0.375. The Morgan fingerprint density at radius 2 is 1.90 bits per heavy atom. The average Bonchev–Trinajstić information content (AvgIpc) is 2.86. The van der Waals surface area contributed by atoms with Crippen molar-refractivity contribution in [3.8, 4) is 5.75 Å². The molecule has 0 radical (unpaired) electrons. The summed E-state index contributed by atoms with van der Waals surface area (Å²) in [5.41, 5.74) is 1.68. The minimum Gasteiger partial charge on any atom is -0.497 e. The SMILES string of the molecule is CC.CCn1cc(C(=N)OC(C)=N)c2ccc(OC)cc21. The molecule has 0 bridgehead atoms. The van der Waals surface area contributed by atoms with Crippen molar-refractivity contribution in [3.05, 3.63) is 30.0 Å². The molecule has 1 aromatic heterocycles. The van der Waals surface area contributed by atoms with Crippen LogP contribution in [0.3, 0.4) is 0 Å². The fourth-order valence-corrected chi connectivity index (χ4v) is 2.05. The van der Waals surface area contributed by atoms with Crippen LogP contribution < -0.4 is 4.74 Å². The number of nitrogens with zero attached hydrogens (tertiary/aromatic N) is 1. The number of fused-ring (bicyclic) bond motifs is 1. The highest BCUT2D eigenvalue weighted by atomic mass is 16.5. The van der Waals surface area contributed by atoms with Gasteiger partial charge in [0.25, 0.3) is 0 Å². The van der Waals surface area contributed by atoms with E-state index in [1.165, 1.54) is 6.92 Å². The highest BCUT2D eigenvalue weighted by Crippen LogP contribution is 2.26. The Hall–Kier alpha value is -2.30. The van der Waals surface area contributed by atoms with Gasteiger partial charge in [-0.05, 0) is 19.1 Å². The quantitative estimate of drug-likeness (QED) is 0.661. The number of hydrogen-bond acceptors (Lipinski definition) is 4. The molecule has 0 aliphatic rings. The van der Waals surface area contributed by atoms with E-state index in [0.717, 1.165) is 23.2 Å². The number of hydrogen-bond donors (Lipinski definition) is 2. The van der Waals surface area contributed by atoms with E-state index in [0.29, 0.717) is 5.56 Å². The Bertz CT molecular complexity index is 644. The molecule has 1 heterocycles. The number of aryl methyl sites for hydroxylation is 1. The summed E-state index contributed by atoms with van der Waals surface area (Å²) in [4.78, 5) is 0. The van der Waals surface area contributed by atoms with Gasteiger partial charge in [0.1, 0.15) is 5.75 Å². The molecule has 21 heavy (non-hydrogen) atoms. The summed E-state index contributed by atoms with van der Waals surface area (Å²) in [7, 11) is 1.63. The standard InChI is InChI=1S/C14H17N3O2.C2H6/c1-4-17-8-12(14(16)19-9(2)15)11-6-5-10(18-3)7-13(11)17;1-2/h5-8,15-16H,4H2,1-3H3;1-2H3. The van der Waals surface area contributed by atoms with Gasteiger partial charge < -0.3 is 14.0 Å². The highest BCUT2D eigenvalue weighted by Gasteiger charge is 2.14. The van der Waals surface area contributed by atoms with Gasteiger partial charge >= 0.3 is 0 Å². The fourth-order valence-electron chi connectivity index (χ4n) is 2.05. The highest BCUT2D eigenvalue weighted by molar-refractivity contribution is 6.08. The topological polar surface area (TPSA) is 71.1 Å². The van der Waals surface area contributed by atoms with Gasteiger partial charge in [0, 0.05) is 31.1 Å². The summed E-state index contributed by atoms with van der Waals surface area (Å²) >= 11 is 0. The molecule has 1 aromatic carbocycles. The van der Waals surface area contributed by atoms with Crippen LogP contribution in [0.4, 0.5) is 0 Å². The van der Waals surface area contributed by atoms with Crippen LogP contribution in [0, 0.1) is 10.8 Å². The molecule has 0 unspecified atom stereocenters. The van der Waals surface area contributed by atoms with Gasteiger partial charge in [-0.3, -0.25) is 10.8 Å². The lowest BCUT2D eigenvalue weighted by Gasteiger charge is -2.04. The first-order valence-corrected chi connectivity index (χ1v) is 7.05. The van der Waals surface area contributed by atoms with Crippen LogP contribution in [0.2, 0.25) is 0 Å². The van der Waals surface area contributed by atoms with Gasteiger partial charge in [-0.25, -0.2) is 0 Å². The first-order valence-electron chi connectivity index (χ1n) is 7.05. The second-order valence-electron chi connectivity index (χ2n) is 4.20. The van der Waals surface area contributed by atoms with Crippen molar-refractivity contribution in [3.63, 3.8) is 0 Å². The van der Waals surface area contributed by atoms with E-state index in [-0.39, 0.29) is 11.8 Å². The maximum absolute atomic E-state index is 7.92. The van der Waals surface area contributed by atoms with Crippen molar-refractivity contribution in [1.29, 1.82) is 10.8 Å². The first-order chi connectivity index (χ1) is 10.1. The van der Waals surface area contributed by atoms with Gasteiger partial charge in [-0.1, -0.05) is 13.8 Å². The molecule has 114 valence electrons. The molecule has 0 amide bonds. The molecule has 2 aromatic rings. The molecule has 2 N–H and O–H groups in total. The predicted molar refractivity (Wildman–Crippen MR) is 86.8 cm³/mol. The van der Waals surface area contributed by atoms with E-state index in [1.54, 1.807) is 7.11 Å². The lowest BCUT2D eigenvalue weighted by atomic mass is 10.1. The zero-order valence-electron chi connectivity index (χ0n) is 13.3. The van der Waals surface area contributed by atoms with E-state index in [4.69, 9.17) is 20.3 Å². The van der Waals surface area contributed by atoms with E-state index in [9.17, 15) is 0 Å². The Labute approximate surface area is 125 Å². The Morgan fingerprint density at radius 1 is 1.24 bits per heavy atom. The van der Waals surface area contributed by atoms with E-state index in [2.05, 4.69) is 0 Å². The van der Waals surface area contributed by atoms with Crippen LogP contribution in [0.1, 0.15) is 33.3 Å². The summed E-state index contributed by atoms with van der Waals surface area (Å²) in [6, 6.07) is 5.70. The number of methoxy groups -OCH3 is 1. The normalized spacial score (nSPS) is 9.76. The minimum absolute atomic E-state index is 0.00475. The maximum Gasteiger partial charge on any atom is 0.223 e. The summed E-state index contributed by atoms with van der Waals surface area (Å²) in [6.07, 6.45) is 1.87. The van der Waals surface area contributed by atoms with Crippen molar-refractivity contribution in [2.24, 2.45) is 0 Å². The smallest absolute Gasteiger partial charge is 0.223 e. The van der Waals surface area contributed by atoms with E-state index in [1.807, 2.05) is 49.7 Å². The zero-order chi connectivity index (χ0) is 16.0. The molecule has 0 aliphatic heterocycles. The monoisotopic (exact) mass is 289 g/mol. The van der Waals surface area contributed by atoms with Gasteiger partial charge in [0.2, 0.25) is 5.90 Å². The van der Waals surface area contributed by atoms with Crippen molar-refractivity contribution >= 4 is 22.7 Å². The molecule has 5 heteroatoms. The Kier molecular flexibility index (Phi) is 5.96. The van der Waals surface area contributed by atoms with Crippen molar-refractivity contribution < 1.29 is 9.47 Å². The van der Waals surface area contributed by atoms with Crippen LogP contribution in [0.25, 0.3) is 10.9 Å². The van der Waals surface area contributed by atoms with Crippen molar-refractivity contribution in [2.75, 3.05) is 7.11 Å². The van der Waals surface area contributed by atoms with Gasteiger partial charge in [-0.15, -0.1) is 0 Å². The van der Waals surface area contributed by atoms with Gasteiger partial charge in [0.15, 0.2) is 5.90 Å². The Morgan fingerprint density at radius 3 is 2.43 bits per heavy atom. The van der Waals surface area contributed by atoms with Crippen LogP contribution in [-0.4, -0.2) is 23.5 Å². The summed E-state index contributed by atoms with van der Waals surface area (Å²) in [5.74, 6) is 0.785. The predicted octanol–water partition coefficient (Wildman–Crippen LogP) is 4.04. The molecule has 0 atom stereocenters. The van der Waals surface area contributed by atoms with Crippen LogP contribution in [0.15, 0.2) is 24.4 Å². The second-order valence-corrected chi connectivity index (χ2v) is 4.20. The second kappa shape index (κ2) is 7.47. The lowest BCUT2D eigenvalue weighted by molar-refractivity contribution is 0.415. The molecule has 0 fully saturated rings. The van der Waals surface area contributed by atoms with Gasteiger partial charge in [0.05, 0.1) is 18.2 Å². The molecule has 5 nitrogen and oxygen atoms in total. The van der Waals surface area contributed by atoms with Crippen LogP contribution >= 0.6 is 0 Å². The Balaban J connectivity index is 0.00000106. The molecular formula is C16H23N3O2. The van der Waals surface area contributed by atoms with Crippen LogP contribution in [0.5, 0.6) is 5.75 Å². The number of nitrogens with one attached hydrogen (secondary N) is 2. The number of benzene rings is 1. The zero-order valence-corrected chi connectivity index (χ0v) is 13.3. The summed E-state index contributed by atoms with van der Waals surface area (Å²) < 4.78 is 12.3. The van der Waals surface area contributed by atoms with Crippen LogP contribution in [-0.2, 0) is 11.3 Å². The molecule has 0 spiro atoms. The average molecular weight is 289 g/mol. The number of ether oxygens (including phenoxy) is 2. The summed E-state index contributed by atoms with van der Waals surface area (Å²) in [5, 5.41) is 16.2. The molecular weight excluding hydrogens is 266 g/mol. The number of aromatic nitrogens is 1. The molecule has 0 saturated carbocycles. The lowest BCUT2D eigenvalue weighted by Crippen LogP contribution is -2.08.